The number of carbonyl (C=O) groups excluding carboxylic acids is 1. The zero-order chi connectivity index (χ0) is 19.1. The second kappa shape index (κ2) is 9.32. The van der Waals surface area contributed by atoms with Gasteiger partial charge in [0.1, 0.15) is 5.75 Å². The molecule has 144 valence electrons. The molecule has 1 aliphatic rings. The highest BCUT2D eigenvalue weighted by Gasteiger charge is 2.19. The first-order chi connectivity index (χ1) is 13.2. The predicted octanol–water partition coefficient (Wildman–Crippen LogP) is 2.24. The number of nitrogens with zero attached hydrogens (tertiary/aromatic N) is 4. The maximum atomic E-state index is 12.5. The van der Waals surface area contributed by atoms with Gasteiger partial charge in [-0.1, -0.05) is 6.92 Å². The first-order valence-electron chi connectivity index (χ1n) is 9.47. The molecular weight excluding hydrogens is 342 g/mol. The summed E-state index contributed by atoms with van der Waals surface area (Å²) in [6.07, 6.45) is 4.93. The van der Waals surface area contributed by atoms with Gasteiger partial charge in [0.2, 0.25) is 5.95 Å². The smallest absolute Gasteiger partial charge is 0.225 e. The lowest BCUT2D eigenvalue weighted by Gasteiger charge is -2.34. The molecule has 1 saturated heterocycles. The van der Waals surface area contributed by atoms with Crippen LogP contribution in [0.25, 0.3) is 0 Å². The van der Waals surface area contributed by atoms with Crippen molar-refractivity contribution in [3.63, 3.8) is 0 Å². The SMILES string of the molecule is CCCOc1ccc(C(=O)CCN2CCN(c3ncccn3)CC2)cc1N. The van der Waals surface area contributed by atoms with Gasteiger partial charge in [0, 0.05) is 57.1 Å². The van der Waals surface area contributed by atoms with Crippen LogP contribution >= 0.6 is 0 Å². The van der Waals surface area contributed by atoms with Crippen molar-refractivity contribution in [1.82, 2.24) is 14.9 Å². The van der Waals surface area contributed by atoms with Crippen LogP contribution in [0, 0.1) is 0 Å². The number of nitrogen functional groups attached to an aromatic ring is 1. The van der Waals surface area contributed by atoms with Crippen LogP contribution in [0.15, 0.2) is 36.7 Å². The molecule has 3 rings (SSSR count). The van der Waals surface area contributed by atoms with Crippen LogP contribution in [0.4, 0.5) is 11.6 Å². The number of benzene rings is 1. The topological polar surface area (TPSA) is 84.6 Å². The molecule has 2 heterocycles. The van der Waals surface area contributed by atoms with E-state index in [2.05, 4.69) is 19.8 Å². The van der Waals surface area contributed by atoms with E-state index in [9.17, 15) is 4.79 Å². The van der Waals surface area contributed by atoms with Crippen LogP contribution in [0.1, 0.15) is 30.1 Å². The fraction of sp³-hybridized carbons (Fsp3) is 0.450. The Morgan fingerprint density at radius 2 is 1.93 bits per heavy atom. The highest BCUT2D eigenvalue weighted by Crippen LogP contribution is 2.23. The van der Waals surface area contributed by atoms with Crippen molar-refractivity contribution < 1.29 is 9.53 Å². The molecule has 1 aromatic carbocycles. The van der Waals surface area contributed by atoms with E-state index in [1.54, 1.807) is 30.6 Å². The molecule has 27 heavy (non-hydrogen) atoms. The number of anilines is 2. The molecule has 7 heteroatoms. The van der Waals surface area contributed by atoms with Crippen LogP contribution in [0.2, 0.25) is 0 Å². The van der Waals surface area contributed by atoms with Gasteiger partial charge < -0.3 is 15.4 Å². The molecule has 1 fully saturated rings. The number of aromatic nitrogens is 2. The van der Waals surface area contributed by atoms with Gasteiger partial charge >= 0.3 is 0 Å². The van der Waals surface area contributed by atoms with Crippen molar-refractivity contribution in [3.05, 3.63) is 42.2 Å². The second-order valence-electron chi connectivity index (χ2n) is 6.65. The van der Waals surface area contributed by atoms with E-state index < -0.39 is 0 Å². The first-order valence-corrected chi connectivity index (χ1v) is 9.47. The molecule has 0 spiro atoms. The van der Waals surface area contributed by atoms with Gasteiger partial charge in [0.25, 0.3) is 0 Å². The molecular formula is C20H27N5O2. The number of carbonyl (C=O) groups is 1. The maximum Gasteiger partial charge on any atom is 0.225 e. The summed E-state index contributed by atoms with van der Waals surface area (Å²) in [5.41, 5.74) is 7.17. The Labute approximate surface area is 160 Å². The summed E-state index contributed by atoms with van der Waals surface area (Å²) in [7, 11) is 0. The van der Waals surface area contributed by atoms with Crippen molar-refractivity contribution in [2.24, 2.45) is 0 Å². The lowest BCUT2D eigenvalue weighted by atomic mass is 10.1. The molecule has 0 unspecified atom stereocenters. The third kappa shape index (κ3) is 5.17. The number of rotatable bonds is 8. The van der Waals surface area contributed by atoms with Crippen LogP contribution in [-0.2, 0) is 0 Å². The van der Waals surface area contributed by atoms with Crippen molar-refractivity contribution in [2.45, 2.75) is 19.8 Å². The summed E-state index contributed by atoms with van der Waals surface area (Å²) in [4.78, 5) is 25.6. The molecule has 7 nitrogen and oxygen atoms in total. The second-order valence-corrected chi connectivity index (χ2v) is 6.65. The van der Waals surface area contributed by atoms with Crippen LogP contribution < -0.4 is 15.4 Å². The van der Waals surface area contributed by atoms with E-state index in [4.69, 9.17) is 10.5 Å². The monoisotopic (exact) mass is 369 g/mol. The summed E-state index contributed by atoms with van der Waals surface area (Å²) in [5, 5.41) is 0. The van der Waals surface area contributed by atoms with E-state index in [1.807, 2.05) is 13.0 Å². The van der Waals surface area contributed by atoms with Crippen molar-refractivity contribution >= 4 is 17.4 Å². The number of nitrogens with two attached hydrogens (primary N) is 1. The number of ether oxygens (including phenoxy) is 1. The van der Waals surface area contributed by atoms with Gasteiger partial charge in [-0.05, 0) is 30.7 Å². The number of hydrogen-bond donors (Lipinski definition) is 1. The summed E-state index contributed by atoms with van der Waals surface area (Å²) < 4.78 is 5.56. The van der Waals surface area contributed by atoms with E-state index in [1.165, 1.54) is 0 Å². The summed E-state index contributed by atoms with van der Waals surface area (Å²) in [6.45, 7) is 6.95. The minimum Gasteiger partial charge on any atom is -0.491 e. The molecule has 0 aliphatic carbocycles. The highest BCUT2D eigenvalue weighted by molar-refractivity contribution is 5.97. The third-order valence-corrected chi connectivity index (χ3v) is 4.66. The van der Waals surface area contributed by atoms with Gasteiger partial charge in [-0.3, -0.25) is 9.69 Å². The Hall–Kier alpha value is -2.67. The average molecular weight is 369 g/mol. The van der Waals surface area contributed by atoms with Crippen molar-refractivity contribution in [3.8, 4) is 5.75 Å². The van der Waals surface area contributed by atoms with Gasteiger partial charge in [-0.15, -0.1) is 0 Å². The molecule has 0 radical (unpaired) electrons. The van der Waals surface area contributed by atoms with E-state index in [0.29, 0.717) is 30.0 Å². The Balaban J connectivity index is 1.46. The zero-order valence-electron chi connectivity index (χ0n) is 15.8. The average Bonchev–Trinajstić information content (AvgIpc) is 2.72. The number of piperazine rings is 1. The van der Waals surface area contributed by atoms with Gasteiger partial charge in [-0.2, -0.15) is 0 Å². The molecule has 2 N–H and O–H groups in total. The molecule has 0 atom stereocenters. The molecule has 0 bridgehead atoms. The Morgan fingerprint density at radius 1 is 1.19 bits per heavy atom. The van der Waals surface area contributed by atoms with Crippen molar-refractivity contribution in [1.29, 1.82) is 0 Å². The molecule has 0 saturated carbocycles. The first kappa shape index (κ1) is 19.1. The van der Waals surface area contributed by atoms with E-state index >= 15 is 0 Å². The largest absolute Gasteiger partial charge is 0.491 e. The van der Waals surface area contributed by atoms with Crippen LogP contribution in [-0.4, -0.2) is 60.0 Å². The zero-order valence-corrected chi connectivity index (χ0v) is 15.8. The Bertz CT molecular complexity index is 745. The summed E-state index contributed by atoms with van der Waals surface area (Å²) in [5.74, 6) is 1.53. The number of Topliss-reactive ketones (excluding diaryl/α,β-unsaturated/α-hetero) is 1. The van der Waals surface area contributed by atoms with Crippen molar-refractivity contribution in [2.75, 3.05) is 50.0 Å². The number of hydrogen-bond acceptors (Lipinski definition) is 7. The van der Waals surface area contributed by atoms with Gasteiger partial charge in [0.05, 0.1) is 12.3 Å². The maximum absolute atomic E-state index is 12.5. The van der Waals surface area contributed by atoms with Crippen LogP contribution in [0.5, 0.6) is 5.75 Å². The lowest BCUT2D eigenvalue weighted by molar-refractivity contribution is 0.0962. The molecule has 2 aromatic rings. The fourth-order valence-corrected chi connectivity index (χ4v) is 3.10. The fourth-order valence-electron chi connectivity index (χ4n) is 3.10. The molecule has 0 amide bonds. The van der Waals surface area contributed by atoms with E-state index in [-0.39, 0.29) is 5.78 Å². The third-order valence-electron chi connectivity index (χ3n) is 4.66. The minimum absolute atomic E-state index is 0.109. The normalized spacial score (nSPS) is 14.9. The predicted molar refractivity (Wildman–Crippen MR) is 106 cm³/mol. The lowest BCUT2D eigenvalue weighted by Crippen LogP contribution is -2.47. The van der Waals surface area contributed by atoms with Gasteiger partial charge in [0.15, 0.2) is 5.78 Å². The summed E-state index contributed by atoms with van der Waals surface area (Å²) >= 11 is 0. The highest BCUT2D eigenvalue weighted by atomic mass is 16.5. The Morgan fingerprint density at radius 3 is 2.59 bits per heavy atom. The van der Waals surface area contributed by atoms with E-state index in [0.717, 1.165) is 45.1 Å². The minimum atomic E-state index is 0.109. The quantitative estimate of drug-likeness (QED) is 0.564. The Kier molecular flexibility index (Phi) is 6.59. The molecule has 1 aromatic heterocycles. The van der Waals surface area contributed by atoms with Crippen LogP contribution in [0.3, 0.4) is 0 Å². The van der Waals surface area contributed by atoms with Gasteiger partial charge in [-0.25, -0.2) is 9.97 Å². The standard InChI is InChI=1S/C20H27N5O2/c1-2-14-27-19-5-4-16(15-17(19)21)18(26)6-9-24-10-12-25(13-11-24)20-22-7-3-8-23-20/h3-5,7-8,15H,2,6,9-14,21H2,1H3. The number of ketones is 1. The summed E-state index contributed by atoms with van der Waals surface area (Å²) in [6, 6.07) is 7.13. The molecule has 1 aliphatic heterocycles.